The molecule has 0 atom stereocenters. The van der Waals surface area contributed by atoms with Gasteiger partial charge < -0.3 is 21.5 Å². The molecule has 11 heteroatoms. The van der Waals surface area contributed by atoms with Crippen molar-refractivity contribution in [2.24, 2.45) is 0 Å². The van der Waals surface area contributed by atoms with Gasteiger partial charge in [0.25, 0.3) is 0 Å². The molecule has 16 aromatic rings. The topological polar surface area (TPSA) is 92.5 Å². The second kappa shape index (κ2) is 46.4. The normalized spacial score (nSPS) is 10.2. The summed E-state index contributed by atoms with van der Waals surface area (Å²) in [4.78, 5) is 0. The molecule has 542 valence electrons. The number of nitrogen functional groups attached to an aromatic ring is 2. The first kappa shape index (κ1) is 83.0. The molecule has 109 heavy (non-hydrogen) atoms. The van der Waals surface area contributed by atoms with E-state index >= 15 is 0 Å². The number of rotatable bonds is 14. The maximum absolute atomic E-state index is 8.76. The second-order valence-corrected chi connectivity index (χ2v) is 34.4. The van der Waals surface area contributed by atoms with E-state index in [-0.39, 0.29) is 20.4 Å². The van der Waals surface area contributed by atoms with Gasteiger partial charge in [0.05, 0.1) is 0 Å². The maximum atomic E-state index is 8.76. The molecule has 16 rings (SSSR count). The molecule has 0 aliphatic carbocycles. The zero-order chi connectivity index (χ0) is 75.2. The summed E-state index contributed by atoms with van der Waals surface area (Å²) in [6.07, 6.45) is 0. The van der Waals surface area contributed by atoms with Crippen LogP contribution in [0.25, 0.3) is 11.1 Å². The first-order chi connectivity index (χ1) is 53.1. The van der Waals surface area contributed by atoms with Gasteiger partial charge >= 0.3 is 7.12 Å². The Morgan fingerprint density at radius 1 is 0.229 bits per heavy atom. The maximum Gasteiger partial charge on any atom is 0.488 e. The summed E-state index contributed by atoms with van der Waals surface area (Å²) in [5.41, 5.74) is 18.0. The predicted octanol–water partition coefficient (Wildman–Crippen LogP) is 18.7. The molecule has 16 aromatic carbocycles. The van der Waals surface area contributed by atoms with Crippen molar-refractivity contribution in [3.63, 3.8) is 0 Å². The van der Waals surface area contributed by atoms with Crippen LogP contribution in [-0.4, -0.2) is 17.2 Å². The average Bonchev–Trinajstić information content (AvgIpc) is 0.850. The minimum atomic E-state index is -1.35. The van der Waals surface area contributed by atoms with Gasteiger partial charge in [0.15, 0.2) is 0 Å². The summed E-state index contributed by atoms with van der Waals surface area (Å²) in [5, 5.41) is 34.3. The third-order valence-electron chi connectivity index (χ3n) is 16.8. The van der Waals surface area contributed by atoms with Crippen molar-refractivity contribution in [3.8, 4) is 11.1 Å². The summed E-state index contributed by atoms with van der Waals surface area (Å²) < 4.78 is 1.03. The molecule has 0 bridgehead atoms. The summed E-state index contributed by atoms with van der Waals surface area (Å²) in [6, 6.07) is 160. The van der Waals surface area contributed by atoms with Crippen molar-refractivity contribution in [3.05, 3.63) is 477 Å². The van der Waals surface area contributed by atoms with Crippen LogP contribution in [0.15, 0.2) is 466 Å². The smallest absolute Gasteiger partial charge is 0.423 e. The fourth-order valence-corrected chi connectivity index (χ4v) is 21.3. The average molecular weight is 1650 g/mol. The van der Waals surface area contributed by atoms with E-state index in [1.54, 1.807) is 12.1 Å². The molecule has 0 heterocycles. The first-order valence-corrected chi connectivity index (χ1v) is 41.9. The van der Waals surface area contributed by atoms with E-state index in [9.17, 15) is 0 Å². The van der Waals surface area contributed by atoms with Gasteiger partial charge in [-0.15, -0.1) is 0 Å². The van der Waals surface area contributed by atoms with Crippen LogP contribution in [0.4, 0.5) is 11.4 Å². The van der Waals surface area contributed by atoms with Crippen LogP contribution < -0.4 is 80.6 Å². The Balaban J connectivity index is 0.000000149. The number of anilines is 2. The zero-order valence-electron chi connectivity index (χ0n) is 61.0. The number of nitrogens with two attached hydrogens (primary N) is 2. The largest absolute Gasteiger partial charge is 0.488 e. The molecular weight excluding hydrogens is 1560 g/mol. The van der Waals surface area contributed by atoms with Gasteiger partial charge in [-0.05, 0) is 162 Å². The van der Waals surface area contributed by atoms with Gasteiger partial charge in [-0.1, -0.05) is 452 Å². The third-order valence-corrected chi connectivity index (χ3v) is 27.1. The predicted molar refractivity (Wildman–Crippen MR) is 481 cm³/mol. The molecule has 0 saturated carbocycles. The minimum Gasteiger partial charge on any atom is -0.423 e. The van der Waals surface area contributed by atoms with Crippen LogP contribution in [0.2, 0.25) is 0 Å². The van der Waals surface area contributed by atoms with Crippen LogP contribution in [0, 0.1) is 13.8 Å². The SMILES string of the molecule is Cc1ccccc1-c1cccc(N)c1.Cc1ccccc1B(O)O.Nc1cccc(Br)c1.[Pd].c1ccc(P(c2ccccc2)c2ccccc2)cc1.c1ccc(P(c2ccccc2)c2ccccc2)cc1.c1ccc(P(c2ccccc2)c2ccccc2)cc1.c1ccc(P(c2ccccc2)c2ccccc2)cc1. The molecular formula is C98H88BBrN2O2P4Pd. The van der Waals surface area contributed by atoms with Crippen molar-refractivity contribution < 1.29 is 30.5 Å². The Morgan fingerprint density at radius 3 is 0.615 bits per heavy atom. The summed E-state index contributed by atoms with van der Waals surface area (Å²) in [6.45, 7) is 3.95. The van der Waals surface area contributed by atoms with Crippen molar-refractivity contribution >= 4 is 135 Å². The van der Waals surface area contributed by atoms with E-state index < -0.39 is 38.8 Å². The van der Waals surface area contributed by atoms with E-state index in [0.717, 1.165) is 21.4 Å². The van der Waals surface area contributed by atoms with E-state index in [2.05, 4.69) is 405 Å². The fraction of sp³-hybridized carbons (Fsp3) is 0.0204. The fourth-order valence-electron chi connectivity index (χ4n) is 11.7. The van der Waals surface area contributed by atoms with E-state index in [4.69, 9.17) is 21.5 Å². The van der Waals surface area contributed by atoms with Crippen molar-refractivity contribution in [1.29, 1.82) is 0 Å². The Labute approximate surface area is 673 Å². The summed E-state index contributed by atoms with van der Waals surface area (Å²) in [5.74, 6) is 0. The molecule has 4 nitrogen and oxygen atoms in total. The standard InChI is InChI=1S/4C18H15P.C13H13N.C7H9BO2.C6H6BrN.Pd/c4*1-4-10-16(11-5-1)19(17-12-6-2-7-13-17)18-14-8-3-9-15-18;1-10-5-2-3-8-13(10)11-6-4-7-12(14)9-11;1-6-4-2-3-5-7(6)8(9)10;7-5-2-1-3-6(8)4-5;/h4*1-15H;2-9H,14H2,1H3;2-5,9-10H,1H3;1-4H,8H2;. The zero-order valence-corrected chi connectivity index (χ0v) is 67.7. The molecule has 0 amide bonds. The first-order valence-electron chi connectivity index (χ1n) is 35.7. The number of aryl methyl sites for hydroxylation is 2. The molecule has 0 saturated heterocycles. The third kappa shape index (κ3) is 26.7. The van der Waals surface area contributed by atoms with Crippen LogP contribution in [0.1, 0.15) is 11.1 Å². The molecule has 0 aromatic heterocycles. The van der Waals surface area contributed by atoms with Gasteiger partial charge in [-0.3, -0.25) is 0 Å². The van der Waals surface area contributed by atoms with Crippen LogP contribution in [0.5, 0.6) is 0 Å². The Morgan fingerprint density at radius 2 is 0.431 bits per heavy atom. The quantitative estimate of drug-likeness (QED) is 0.0496. The monoisotopic (exact) mass is 1640 g/mol. The molecule has 0 radical (unpaired) electrons. The molecule has 0 aliphatic rings. The summed E-state index contributed by atoms with van der Waals surface area (Å²) >= 11 is 3.28. The molecule has 0 spiro atoms. The Kier molecular flexibility index (Phi) is 35.3. The van der Waals surface area contributed by atoms with Crippen molar-refractivity contribution in [1.82, 2.24) is 0 Å². The van der Waals surface area contributed by atoms with Crippen LogP contribution in [0.3, 0.4) is 0 Å². The Bertz CT molecular complexity index is 4260. The van der Waals surface area contributed by atoms with Crippen LogP contribution >= 0.6 is 47.6 Å². The van der Waals surface area contributed by atoms with E-state index in [1.807, 2.05) is 73.7 Å². The molecule has 0 fully saturated rings. The van der Waals surface area contributed by atoms with Crippen LogP contribution in [-0.2, 0) is 20.4 Å². The van der Waals surface area contributed by atoms with Crippen molar-refractivity contribution in [2.45, 2.75) is 13.8 Å². The number of benzene rings is 16. The minimum absolute atomic E-state index is 0. The van der Waals surface area contributed by atoms with Gasteiger partial charge in [-0.2, -0.15) is 0 Å². The molecule has 6 N–H and O–H groups in total. The number of hydrogen-bond acceptors (Lipinski definition) is 4. The second-order valence-electron chi connectivity index (χ2n) is 24.6. The number of halogens is 1. The van der Waals surface area contributed by atoms with E-state index in [0.29, 0.717) is 5.46 Å². The molecule has 0 aliphatic heterocycles. The van der Waals surface area contributed by atoms with Gasteiger partial charge in [0.1, 0.15) is 0 Å². The van der Waals surface area contributed by atoms with Gasteiger partial charge in [0.2, 0.25) is 0 Å². The Hall–Kier alpha value is -10.0. The number of hydrogen-bond donors (Lipinski definition) is 4. The molecule has 0 unspecified atom stereocenters. The summed E-state index contributed by atoms with van der Waals surface area (Å²) in [7, 11) is -3.13. The van der Waals surface area contributed by atoms with Gasteiger partial charge in [0, 0.05) is 36.3 Å². The van der Waals surface area contributed by atoms with Crippen molar-refractivity contribution in [2.75, 3.05) is 11.5 Å². The van der Waals surface area contributed by atoms with E-state index in [1.165, 1.54) is 80.3 Å². The van der Waals surface area contributed by atoms with Gasteiger partial charge in [-0.25, -0.2) is 0 Å².